The van der Waals surface area contributed by atoms with Gasteiger partial charge in [-0.1, -0.05) is 19.1 Å². The van der Waals surface area contributed by atoms with Gasteiger partial charge in [0.2, 0.25) is 0 Å². The van der Waals surface area contributed by atoms with Crippen molar-refractivity contribution in [2.45, 2.75) is 32.2 Å². The number of rotatable bonds is 2. The lowest BCUT2D eigenvalue weighted by molar-refractivity contribution is 0.198. The second-order valence-corrected chi connectivity index (χ2v) is 2.77. The average molecular weight is 140 g/mol. The lowest BCUT2D eigenvalue weighted by Crippen LogP contribution is -2.41. The Balaban J connectivity index is 2.33. The molecular formula is C8H16N2. The first kappa shape index (κ1) is 7.76. The van der Waals surface area contributed by atoms with E-state index >= 15 is 0 Å². The van der Waals surface area contributed by atoms with Crippen LogP contribution in [0.5, 0.6) is 0 Å². The van der Waals surface area contributed by atoms with Crippen molar-refractivity contribution in [3.8, 4) is 0 Å². The Kier molecular flexibility index (Phi) is 2.90. The van der Waals surface area contributed by atoms with E-state index in [1.807, 2.05) is 5.01 Å². The van der Waals surface area contributed by atoms with Crippen LogP contribution in [0.4, 0.5) is 0 Å². The molecule has 2 heteroatoms. The van der Waals surface area contributed by atoms with Crippen molar-refractivity contribution in [3.05, 3.63) is 12.2 Å². The Bertz CT molecular complexity index is 120. The lowest BCUT2D eigenvalue weighted by Gasteiger charge is -2.26. The smallest absolute Gasteiger partial charge is 0.0278 e. The first-order valence-electron chi connectivity index (χ1n) is 4.01. The topological polar surface area (TPSA) is 29.3 Å². The summed E-state index contributed by atoms with van der Waals surface area (Å²) < 4.78 is 0. The molecule has 2 nitrogen and oxygen atoms in total. The van der Waals surface area contributed by atoms with E-state index in [-0.39, 0.29) is 0 Å². The molecule has 1 atom stereocenters. The minimum atomic E-state index is 0.593. The molecule has 0 heterocycles. The highest BCUT2D eigenvalue weighted by Gasteiger charge is 2.13. The summed E-state index contributed by atoms with van der Waals surface area (Å²) in [4.78, 5) is 0. The Labute approximate surface area is 62.7 Å². The second kappa shape index (κ2) is 3.74. The van der Waals surface area contributed by atoms with Crippen LogP contribution >= 0.6 is 0 Å². The van der Waals surface area contributed by atoms with Gasteiger partial charge in [-0.25, -0.2) is 5.01 Å². The number of hydrazine groups is 1. The maximum Gasteiger partial charge on any atom is 0.0278 e. The molecule has 1 aliphatic carbocycles. The molecular weight excluding hydrogens is 124 g/mol. The van der Waals surface area contributed by atoms with Crippen molar-refractivity contribution in [1.29, 1.82) is 0 Å². The fourth-order valence-corrected chi connectivity index (χ4v) is 1.34. The zero-order valence-electron chi connectivity index (χ0n) is 6.59. The molecule has 10 heavy (non-hydrogen) atoms. The highest BCUT2D eigenvalue weighted by atomic mass is 15.4. The molecule has 0 fully saturated rings. The van der Waals surface area contributed by atoms with Gasteiger partial charge >= 0.3 is 0 Å². The lowest BCUT2D eigenvalue weighted by atomic mass is 10.0. The minimum Gasteiger partial charge on any atom is -0.269 e. The molecule has 0 bridgehead atoms. The highest BCUT2D eigenvalue weighted by Crippen LogP contribution is 2.13. The van der Waals surface area contributed by atoms with E-state index in [9.17, 15) is 0 Å². The van der Waals surface area contributed by atoms with Gasteiger partial charge in [-0.3, -0.25) is 5.84 Å². The fraction of sp³-hybridized carbons (Fsp3) is 0.750. The number of nitrogens with two attached hydrogens (primary N) is 1. The third kappa shape index (κ3) is 1.82. The molecule has 2 N–H and O–H groups in total. The van der Waals surface area contributed by atoms with Crippen LogP contribution in [0.3, 0.4) is 0 Å². The van der Waals surface area contributed by atoms with E-state index < -0.39 is 0 Å². The van der Waals surface area contributed by atoms with Gasteiger partial charge in [0.25, 0.3) is 0 Å². The summed E-state index contributed by atoms with van der Waals surface area (Å²) in [5, 5.41) is 1.93. The summed E-state index contributed by atoms with van der Waals surface area (Å²) in [5.41, 5.74) is 0. The molecule has 0 aliphatic heterocycles. The number of hydrogen-bond acceptors (Lipinski definition) is 2. The van der Waals surface area contributed by atoms with E-state index in [1.165, 1.54) is 12.8 Å². The number of hydrogen-bond donors (Lipinski definition) is 1. The Hall–Kier alpha value is -0.340. The highest BCUT2D eigenvalue weighted by molar-refractivity contribution is 4.92. The van der Waals surface area contributed by atoms with Gasteiger partial charge in [-0.2, -0.15) is 0 Å². The van der Waals surface area contributed by atoms with Gasteiger partial charge in [-0.05, 0) is 19.3 Å². The summed E-state index contributed by atoms with van der Waals surface area (Å²) in [6.45, 7) is 3.05. The maximum atomic E-state index is 5.75. The molecule has 1 aliphatic rings. The zero-order valence-corrected chi connectivity index (χ0v) is 6.59. The van der Waals surface area contributed by atoms with Crippen molar-refractivity contribution < 1.29 is 0 Å². The van der Waals surface area contributed by atoms with Crippen LogP contribution in [0.15, 0.2) is 12.2 Å². The molecule has 0 saturated carbocycles. The SMILES string of the molecule is CCN(N)C1CC=CCC1. The predicted octanol–water partition coefficient (Wildman–Crippen LogP) is 1.29. The molecule has 0 radical (unpaired) electrons. The summed E-state index contributed by atoms with van der Waals surface area (Å²) in [7, 11) is 0. The molecule has 0 aromatic carbocycles. The van der Waals surface area contributed by atoms with Crippen LogP contribution in [0, 0.1) is 0 Å². The Morgan fingerprint density at radius 2 is 2.40 bits per heavy atom. The summed E-state index contributed by atoms with van der Waals surface area (Å²) >= 11 is 0. The fourth-order valence-electron chi connectivity index (χ4n) is 1.34. The molecule has 0 aromatic heterocycles. The van der Waals surface area contributed by atoms with E-state index in [0.29, 0.717) is 6.04 Å². The standard InChI is InChI=1S/C8H16N2/c1-2-10(9)8-6-4-3-5-7-8/h3-4,8H,2,5-7,9H2,1H3. The summed E-state index contributed by atoms with van der Waals surface area (Å²) in [5.74, 6) is 5.75. The van der Waals surface area contributed by atoms with Gasteiger partial charge in [0.15, 0.2) is 0 Å². The van der Waals surface area contributed by atoms with Gasteiger partial charge in [0, 0.05) is 12.6 Å². The van der Waals surface area contributed by atoms with Crippen LogP contribution in [0.1, 0.15) is 26.2 Å². The van der Waals surface area contributed by atoms with Crippen molar-refractivity contribution in [1.82, 2.24) is 5.01 Å². The first-order valence-corrected chi connectivity index (χ1v) is 4.01. The van der Waals surface area contributed by atoms with Crippen molar-refractivity contribution in [3.63, 3.8) is 0 Å². The predicted molar refractivity (Wildman–Crippen MR) is 43.3 cm³/mol. The van der Waals surface area contributed by atoms with Gasteiger partial charge < -0.3 is 0 Å². The molecule has 58 valence electrons. The Morgan fingerprint density at radius 1 is 1.60 bits per heavy atom. The van der Waals surface area contributed by atoms with Crippen LogP contribution < -0.4 is 5.84 Å². The average Bonchev–Trinajstić information content (AvgIpc) is 2.05. The van der Waals surface area contributed by atoms with Gasteiger partial charge in [0.05, 0.1) is 0 Å². The zero-order chi connectivity index (χ0) is 7.40. The van der Waals surface area contributed by atoms with Crippen LogP contribution in [-0.2, 0) is 0 Å². The van der Waals surface area contributed by atoms with Gasteiger partial charge in [0.1, 0.15) is 0 Å². The molecule has 0 amide bonds. The molecule has 1 unspecified atom stereocenters. The first-order chi connectivity index (χ1) is 4.84. The van der Waals surface area contributed by atoms with Crippen molar-refractivity contribution in [2.75, 3.05) is 6.54 Å². The van der Waals surface area contributed by atoms with E-state index in [0.717, 1.165) is 13.0 Å². The second-order valence-electron chi connectivity index (χ2n) is 2.77. The van der Waals surface area contributed by atoms with Crippen molar-refractivity contribution in [2.24, 2.45) is 5.84 Å². The van der Waals surface area contributed by atoms with Crippen molar-refractivity contribution >= 4 is 0 Å². The molecule has 0 aromatic rings. The van der Waals surface area contributed by atoms with Crippen LogP contribution in [0.2, 0.25) is 0 Å². The molecule has 1 rings (SSSR count). The quantitative estimate of drug-likeness (QED) is 0.356. The van der Waals surface area contributed by atoms with Gasteiger partial charge in [-0.15, -0.1) is 0 Å². The molecule has 0 spiro atoms. The van der Waals surface area contributed by atoms with E-state index in [4.69, 9.17) is 5.84 Å². The largest absolute Gasteiger partial charge is 0.269 e. The van der Waals surface area contributed by atoms with Crippen LogP contribution in [0.25, 0.3) is 0 Å². The minimum absolute atomic E-state index is 0.593. The third-order valence-corrected chi connectivity index (χ3v) is 2.08. The van der Waals surface area contributed by atoms with Crippen LogP contribution in [-0.4, -0.2) is 17.6 Å². The third-order valence-electron chi connectivity index (χ3n) is 2.08. The maximum absolute atomic E-state index is 5.75. The summed E-state index contributed by atoms with van der Waals surface area (Å²) in [6.07, 6.45) is 8.01. The summed E-state index contributed by atoms with van der Waals surface area (Å²) in [6, 6.07) is 0.593. The monoisotopic (exact) mass is 140 g/mol. The van der Waals surface area contributed by atoms with E-state index in [1.54, 1.807) is 0 Å². The number of nitrogens with zero attached hydrogens (tertiary/aromatic N) is 1. The Morgan fingerprint density at radius 3 is 2.90 bits per heavy atom. The van der Waals surface area contributed by atoms with E-state index in [2.05, 4.69) is 19.1 Å². The number of allylic oxidation sites excluding steroid dienone is 1. The molecule has 0 saturated heterocycles. The normalized spacial score (nSPS) is 25.7.